The molecular weight excluding hydrogens is 460 g/mol. The van der Waals surface area contributed by atoms with Crippen LogP contribution in [0.1, 0.15) is 25.7 Å². The van der Waals surface area contributed by atoms with Crippen molar-refractivity contribution in [1.29, 1.82) is 0 Å². The highest BCUT2D eigenvalue weighted by Crippen LogP contribution is 2.22. The Morgan fingerprint density at radius 3 is 2.31 bits per heavy atom. The Hall–Kier alpha value is -4.28. The average Bonchev–Trinajstić information content (AvgIpc) is 3.11. The fourth-order valence-electron chi connectivity index (χ4n) is 4.54. The Morgan fingerprint density at radius 2 is 1.64 bits per heavy atom. The van der Waals surface area contributed by atoms with Crippen LogP contribution < -0.4 is 21.5 Å². The van der Waals surface area contributed by atoms with Crippen molar-refractivity contribution in [3.8, 4) is 11.3 Å². The Morgan fingerprint density at radius 1 is 0.917 bits per heavy atom. The highest BCUT2D eigenvalue weighted by Gasteiger charge is 2.16. The third-order valence-electron chi connectivity index (χ3n) is 6.58. The fraction of sp³-hybridized carbons (Fsp3) is 0.360. The number of carbonyl (C=O) groups is 1. The maximum Gasteiger partial charge on any atom is 0.332 e. The van der Waals surface area contributed by atoms with Gasteiger partial charge < -0.3 is 14.8 Å². The molecule has 0 spiro atoms. The zero-order chi connectivity index (χ0) is 25.2. The van der Waals surface area contributed by atoms with E-state index in [1.54, 1.807) is 12.1 Å². The highest BCUT2D eigenvalue weighted by atomic mass is 16.2. The first kappa shape index (κ1) is 23.5. The number of carbonyl (C=O) groups excluding carboxylic acids is 1. The highest BCUT2D eigenvalue weighted by molar-refractivity contribution is 5.91. The first-order valence-corrected chi connectivity index (χ1v) is 12.0. The number of aryl methyl sites for hydroxylation is 1. The van der Waals surface area contributed by atoms with E-state index in [-0.39, 0.29) is 23.6 Å². The number of hydrogen-bond acceptors (Lipinski definition) is 7. The Labute approximate surface area is 207 Å². The SMILES string of the molecule is Cn1c(=O)c2c(ncn2CC(=O)Nc2ccc(-c3ccc(N4CCCCCC4)nn3)cc2)n(C)c1=O. The second kappa shape index (κ2) is 9.76. The third-order valence-corrected chi connectivity index (χ3v) is 6.58. The van der Waals surface area contributed by atoms with Gasteiger partial charge in [0.2, 0.25) is 5.91 Å². The van der Waals surface area contributed by atoms with Crippen LogP contribution in [0.4, 0.5) is 11.5 Å². The molecule has 4 heterocycles. The number of imidazole rings is 1. The fourth-order valence-corrected chi connectivity index (χ4v) is 4.54. The topological polar surface area (TPSA) is 120 Å². The minimum Gasteiger partial charge on any atom is -0.355 e. The van der Waals surface area contributed by atoms with E-state index >= 15 is 0 Å². The number of rotatable bonds is 5. The van der Waals surface area contributed by atoms with E-state index in [2.05, 4.69) is 25.4 Å². The summed E-state index contributed by atoms with van der Waals surface area (Å²) in [5, 5.41) is 11.7. The lowest BCUT2D eigenvalue weighted by atomic mass is 10.1. The van der Waals surface area contributed by atoms with Crippen molar-refractivity contribution in [3.05, 3.63) is 63.6 Å². The van der Waals surface area contributed by atoms with Gasteiger partial charge in [-0.05, 0) is 37.1 Å². The summed E-state index contributed by atoms with van der Waals surface area (Å²) in [6.07, 6.45) is 6.29. The molecule has 186 valence electrons. The molecule has 3 aromatic heterocycles. The van der Waals surface area contributed by atoms with Crippen molar-refractivity contribution in [2.24, 2.45) is 14.1 Å². The molecule has 11 nitrogen and oxygen atoms in total. The van der Waals surface area contributed by atoms with Crippen LogP contribution in [0.5, 0.6) is 0 Å². The molecule has 1 saturated heterocycles. The molecule has 1 aliphatic heterocycles. The molecule has 36 heavy (non-hydrogen) atoms. The minimum atomic E-state index is -0.495. The van der Waals surface area contributed by atoms with Gasteiger partial charge in [0.05, 0.1) is 12.0 Å². The van der Waals surface area contributed by atoms with Gasteiger partial charge in [-0.25, -0.2) is 9.78 Å². The predicted molar refractivity (Wildman–Crippen MR) is 137 cm³/mol. The Bertz CT molecular complexity index is 1510. The normalized spacial score (nSPS) is 14.1. The molecule has 11 heteroatoms. The van der Waals surface area contributed by atoms with E-state index in [1.165, 1.54) is 55.2 Å². The number of nitrogens with zero attached hydrogens (tertiary/aromatic N) is 7. The predicted octanol–water partition coefficient (Wildman–Crippen LogP) is 1.91. The lowest BCUT2D eigenvalue weighted by Gasteiger charge is -2.20. The molecule has 0 bridgehead atoms. The summed E-state index contributed by atoms with van der Waals surface area (Å²) in [6, 6.07) is 11.3. The van der Waals surface area contributed by atoms with Crippen molar-refractivity contribution < 1.29 is 4.79 Å². The van der Waals surface area contributed by atoms with E-state index in [1.807, 2.05) is 24.3 Å². The first-order chi connectivity index (χ1) is 17.4. The molecule has 0 aliphatic carbocycles. The zero-order valence-electron chi connectivity index (χ0n) is 20.3. The van der Waals surface area contributed by atoms with Crippen LogP contribution in [0.2, 0.25) is 0 Å². The molecule has 5 rings (SSSR count). The van der Waals surface area contributed by atoms with Gasteiger partial charge in [-0.15, -0.1) is 10.2 Å². The smallest absolute Gasteiger partial charge is 0.332 e. The second-order valence-corrected chi connectivity index (χ2v) is 9.05. The summed E-state index contributed by atoms with van der Waals surface area (Å²) in [6.45, 7) is 1.92. The van der Waals surface area contributed by atoms with Gasteiger partial charge in [-0.1, -0.05) is 25.0 Å². The van der Waals surface area contributed by atoms with Crippen molar-refractivity contribution in [2.75, 3.05) is 23.3 Å². The number of hydrogen-bond donors (Lipinski definition) is 1. The van der Waals surface area contributed by atoms with Crippen molar-refractivity contribution in [2.45, 2.75) is 32.2 Å². The number of aromatic nitrogens is 6. The number of nitrogens with one attached hydrogen (secondary N) is 1. The van der Waals surface area contributed by atoms with Gasteiger partial charge in [0, 0.05) is 38.4 Å². The lowest BCUT2D eigenvalue weighted by Crippen LogP contribution is -2.37. The van der Waals surface area contributed by atoms with Crippen molar-refractivity contribution in [1.82, 2.24) is 28.9 Å². The molecule has 1 N–H and O–H groups in total. The summed E-state index contributed by atoms with van der Waals surface area (Å²) in [5.41, 5.74) is 1.75. The second-order valence-electron chi connectivity index (χ2n) is 9.05. The summed E-state index contributed by atoms with van der Waals surface area (Å²) in [7, 11) is 2.94. The minimum absolute atomic E-state index is 0.116. The maximum atomic E-state index is 12.7. The molecule has 1 fully saturated rings. The molecule has 4 aromatic rings. The first-order valence-electron chi connectivity index (χ1n) is 12.0. The van der Waals surface area contributed by atoms with Crippen LogP contribution in [-0.4, -0.2) is 47.9 Å². The molecule has 1 amide bonds. The molecule has 1 aliphatic rings. The molecule has 0 atom stereocenters. The molecular formula is C25H28N8O3. The van der Waals surface area contributed by atoms with Crippen LogP contribution in [0.25, 0.3) is 22.4 Å². The summed E-state index contributed by atoms with van der Waals surface area (Å²) in [5.74, 6) is 0.589. The zero-order valence-corrected chi connectivity index (χ0v) is 20.3. The van der Waals surface area contributed by atoms with Crippen LogP contribution in [0, 0.1) is 0 Å². The Balaban J connectivity index is 1.27. The lowest BCUT2D eigenvalue weighted by molar-refractivity contribution is -0.116. The average molecular weight is 489 g/mol. The van der Waals surface area contributed by atoms with Gasteiger partial charge in [-0.3, -0.25) is 18.7 Å². The number of fused-ring (bicyclic) bond motifs is 1. The summed E-state index contributed by atoms with van der Waals surface area (Å²) < 4.78 is 3.73. The quantitative estimate of drug-likeness (QED) is 0.456. The van der Waals surface area contributed by atoms with Gasteiger partial charge in [-0.2, -0.15) is 0 Å². The van der Waals surface area contributed by atoms with E-state index in [0.29, 0.717) is 5.69 Å². The van der Waals surface area contributed by atoms with Gasteiger partial charge >= 0.3 is 5.69 Å². The number of amides is 1. The van der Waals surface area contributed by atoms with Crippen LogP contribution >= 0.6 is 0 Å². The van der Waals surface area contributed by atoms with Crippen molar-refractivity contribution >= 4 is 28.6 Å². The van der Waals surface area contributed by atoms with Gasteiger partial charge in [0.25, 0.3) is 5.56 Å². The third kappa shape index (κ3) is 4.51. The van der Waals surface area contributed by atoms with E-state index < -0.39 is 11.2 Å². The van der Waals surface area contributed by atoms with Crippen LogP contribution in [-0.2, 0) is 25.4 Å². The number of anilines is 2. The number of benzene rings is 1. The van der Waals surface area contributed by atoms with E-state index in [0.717, 1.165) is 34.7 Å². The standard InChI is InChI=1S/C25H28N8O3/c1-30-23-22(24(35)31(2)25(30)36)33(16-26-23)15-21(34)27-18-9-7-17(8-10-18)19-11-12-20(29-28-19)32-13-5-3-4-6-14-32/h7-12,16H,3-6,13-15H2,1-2H3,(H,27,34). The maximum absolute atomic E-state index is 12.7. The largest absolute Gasteiger partial charge is 0.355 e. The van der Waals surface area contributed by atoms with E-state index in [4.69, 9.17) is 0 Å². The summed E-state index contributed by atoms with van der Waals surface area (Å²) in [4.78, 5) is 43.8. The Kier molecular flexibility index (Phi) is 6.36. The van der Waals surface area contributed by atoms with Crippen LogP contribution in [0.3, 0.4) is 0 Å². The van der Waals surface area contributed by atoms with Gasteiger partial charge in [0.15, 0.2) is 17.0 Å². The molecule has 0 saturated carbocycles. The summed E-state index contributed by atoms with van der Waals surface area (Å²) >= 11 is 0. The van der Waals surface area contributed by atoms with Crippen LogP contribution in [0.15, 0.2) is 52.3 Å². The van der Waals surface area contributed by atoms with Crippen molar-refractivity contribution in [3.63, 3.8) is 0 Å². The molecule has 0 radical (unpaired) electrons. The van der Waals surface area contributed by atoms with Gasteiger partial charge in [0.1, 0.15) is 6.54 Å². The molecule has 1 aromatic carbocycles. The monoisotopic (exact) mass is 488 g/mol. The van der Waals surface area contributed by atoms with E-state index in [9.17, 15) is 14.4 Å². The molecule has 0 unspecified atom stereocenters.